The van der Waals surface area contributed by atoms with Crippen LogP contribution in [0.2, 0.25) is 0 Å². The molecule has 28 heavy (non-hydrogen) atoms. The third-order valence-corrected chi connectivity index (χ3v) is 4.18. The van der Waals surface area contributed by atoms with Crippen LogP contribution in [0, 0.1) is 10.1 Å². The molecule has 9 heteroatoms. The van der Waals surface area contributed by atoms with E-state index in [2.05, 4.69) is 0 Å². The van der Waals surface area contributed by atoms with Gasteiger partial charge in [-0.3, -0.25) is 19.8 Å². The summed E-state index contributed by atoms with van der Waals surface area (Å²) in [6.07, 6.45) is -1.45. The van der Waals surface area contributed by atoms with E-state index < -0.39 is 21.8 Å². The lowest BCUT2D eigenvalue weighted by molar-refractivity contribution is -0.553. The minimum atomic E-state index is -1.45. The van der Waals surface area contributed by atoms with Gasteiger partial charge in [-0.25, -0.2) is 0 Å². The van der Waals surface area contributed by atoms with Crippen molar-refractivity contribution in [3.8, 4) is 11.5 Å². The Morgan fingerprint density at radius 3 is 2.25 bits per heavy atom. The maximum absolute atomic E-state index is 12.3. The van der Waals surface area contributed by atoms with Gasteiger partial charge in [0.1, 0.15) is 11.5 Å². The highest BCUT2D eigenvalue weighted by Gasteiger charge is 2.36. The molecule has 0 N–H and O–H groups in total. The summed E-state index contributed by atoms with van der Waals surface area (Å²) in [6, 6.07) is 15.4. The fourth-order valence-electron chi connectivity index (χ4n) is 2.53. The minimum Gasteiger partial charge on any atom is -0.457 e. The molecule has 0 spiro atoms. The predicted molar refractivity (Wildman–Crippen MR) is 106 cm³/mol. The number of benzene rings is 2. The number of nitrogens with zero attached hydrogens (tertiary/aromatic N) is 2. The Hall–Kier alpha value is -2.35. The number of alkyl halides is 2. The van der Waals surface area contributed by atoms with Gasteiger partial charge in [0.05, 0.1) is 18.1 Å². The molecule has 7 nitrogen and oxygen atoms in total. The van der Waals surface area contributed by atoms with Crippen molar-refractivity contribution in [2.24, 2.45) is 0 Å². The van der Waals surface area contributed by atoms with Gasteiger partial charge < -0.3 is 9.47 Å². The Bertz CT molecular complexity index is 772. The summed E-state index contributed by atoms with van der Waals surface area (Å²) in [4.78, 5) is 23.1. The zero-order chi connectivity index (χ0) is 20.5. The number of hydrogen-bond acceptors (Lipinski definition) is 5. The van der Waals surface area contributed by atoms with Crippen LogP contribution in [0.4, 0.5) is 0 Å². The maximum Gasteiger partial charge on any atom is 0.315 e. The van der Waals surface area contributed by atoms with Gasteiger partial charge in [0, 0.05) is 12.2 Å². The monoisotopic (exact) mass is 426 g/mol. The fraction of sp³-hybridized carbons (Fsp3) is 0.316. The Morgan fingerprint density at radius 2 is 1.71 bits per heavy atom. The number of carbonyl (C=O) groups excluding carboxylic acids is 1. The van der Waals surface area contributed by atoms with Crippen molar-refractivity contribution in [3.63, 3.8) is 0 Å². The molecule has 0 aromatic heterocycles. The molecule has 1 amide bonds. The molecule has 150 valence electrons. The zero-order valence-electron chi connectivity index (χ0n) is 15.2. The Balaban J connectivity index is 2.24. The largest absolute Gasteiger partial charge is 0.457 e. The van der Waals surface area contributed by atoms with Crippen LogP contribution in [0.3, 0.4) is 0 Å². The van der Waals surface area contributed by atoms with E-state index in [9.17, 15) is 14.9 Å². The van der Waals surface area contributed by atoms with Crippen LogP contribution in [0.1, 0.15) is 18.7 Å². The highest BCUT2D eigenvalue weighted by molar-refractivity contribution is 6.53. The molecule has 0 heterocycles. The molecule has 0 saturated heterocycles. The van der Waals surface area contributed by atoms with Crippen LogP contribution in [0.15, 0.2) is 54.6 Å². The predicted octanol–water partition coefficient (Wildman–Crippen LogP) is 4.42. The average Bonchev–Trinajstić information content (AvgIpc) is 2.68. The Kier molecular flexibility index (Phi) is 8.50. The second-order valence-corrected chi connectivity index (χ2v) is 6.77. The van der Waals surface area contributed by atoms with Crippen molar-refractivity contribution in [2.45, 2.75) is 17.9 Å². The summed E-state index contributed by atoms with van der Waals surface area (Å²) in [7, 11) is 0. The van der Waals surface area contributed by atoms with E-state index in [0.717, 1.165) is 4.90 Å². The lowest BCUT2D eigenvalue weighted by atomic mass is 10.1. The molecule has 2 aromatic rings. The summed E-state index contributed by atoms with van der Waals surface area (Å²) in [6.45, 7) is 2.31. The molecule has 0 aliphatic carbocycles. The number of nitro groups is 1. The molecule has 1 unspecified atom stereocenters. The Labute approximate surface area is 172 Å². The van der Waals surface area contributed by atoms with Crippen molar-refractivity contribution >= 4 is 29.1 Å². The van der Waals surface area contributed by atoms with Gasteiger partial charge in [-0.05, 0) is 43.3 Å². The topological polar surface area (TPSA) is 81.9 Å². The summed E-state index contributed by atoms with van der Waals surface area (Å²) in [5, 5.41) is 11.7. The SMILES string of the molecule is CCOCCN(C(=O)C(Cl)Cl)C(c1ccc(Oc2ccccc2)cc1)[N+](=O)[O-]. The summed E-state index contributed by atoms with van der Waals surface area (Å²) in [5.41, 5.74) is 0.296. The molecular weight excluding hydrogens is 407 g/mol. The molecule has 0 radical (unpaired) electrons. The zero-order valence-corrected chi connectivity index (χ0v) is 16.7. The lowest BCUT2D eigenvalue weighted by Crippen LogP contribution is -2.43. The van der Waals surface area contributed by atoms with Gasteiger partial charge in [-0.1, -0.05) is 41.4 Å². The van der Waals surface area contributed by atoms with E-state index in [0.29, 0.717) is 23.7 Å². The number of carbonyl (C=O) groups is 1. The van der Waals surface area contributed by atoms with Gasteiger partial charge in [-0.2, -0.15) is 0 Å². The van der Waals surface area contributed by atoms with Crippen molar-refractivity contribution in [1.29, 1.82) is 0 Å². The second kappa shape index (κ2) is 10.8. The number of para-hydroxylation sites is 1. The third-order valence-electron chi connectivity index (χ3n) is 3.80. The quantitative estimate of drug-likeness (QED) is 0.184. The van der Waals surface area contributed by atoms with Gasteiger partial charge in [0.2, 0.25) is 0 Å². The first-order chi connectivity index (χ1) is 13.4. The summed E-state index contributed by atoms with van der Waals surface area (Å²) < 4.78 is 10.9. The first kappa shape index (κ1) is 21.9. The van der Waals surface area contributed by atoms with Gasteiger partial charge >= 0.3 is 6.17 Å². The highest BCUT2D eigenvalue weighted by atomic mass is 35.5. The first-order valence-electron chi connectivity index (χ1n) is 8.56. The summed E-state index contributed by atoms with van der Waals surface area (Å²) in [5.74, 6) is 0.396. The lowest BCUT2D eigenvalue weighted by Gasteiger charge is -2.26. The fourth-order valence-corrected chi connectivity index (χ4v) is 2.78. The number of amides is 1. The van der Waals surface area contributed by atoms with Crippen LogP contribution in [0.5, 0.6) is 11.5 Å². The van der Waals surface area contributed by atoms with Crippen LogP contribution < -0.4 is 4.74 Å². The molecule has 0 bridgehead atoms. The van der Waals surface area contributed by atoms with Crippen molar-refractivity contribution in [2.75, 3.05) is 19.8 Å². The summed E-state index contributed by atoms with van der Waals surface area (Å²) >= 11 is 11.4. The Morgan fingerprint density at radius 1 is 1.11 bits per heavy atom. The average molecular weight is 427 g/mol. The molecule has 1 atom stereocenters. The minimum absolute atomic E-state index is 0.0173. The number of hydrogen-bond donors (Lipinski definition) is 0. The van der Waals surface area contributed by atoms with Crippen molar-refractivity contribution < 1.29 is 19.2 Å². The van der Waals surface area contributed by atoms with E-state index in [1.165, 1.54) is 12.1 Å². The van der Waals surface area contributed by atoms with Gasteiger partial charge in [0.15, 0.2) is 4.84 Å². The van der Waals surface area contributed by atoms with E-state index >= 15 is 0 Å². The smallest absolute Gasteiger partial charge is 0.315 e. The molecule has 0 fully saturated rings. The van der Waals surface area contributed by atoms with E-state index in [4.69, 9.17) is 32.7 Å². The molecule has 0 saturated carbocycles. The van der Waals surface area contributed by atoms with Gasteiger partial charge in [-0.15, -0.1) is 0 Å². The molecule has 0 aliphatic heterocycles. The molecule has 2 aromatic carbocycles. The third kappa shape index (κ3) is 6.09. The van der Waals surface area contributed by atoms with Gasteiger partial charge in [0.25, 0.3) is 5.91 Å². The normalized spacial score (nSPS) is 11.9. The number of ether oxygens (including phenoxy) is 2. The van der Waals surface area contributed by atoms with Crippen LogP contribution in [0.25, 0.3) is 0 Å². The first-order valence-corrected chi connectivity index (χ1v) is 9.44. The van der Waals surface area contributed by atoms with Crippen LogP contribution >= 0.6 is 23.2 Å². The van der Waals surface area contributed by atoms with Crippen LogP contribution in [-0.4, -0.2) is 40.3 Å². The van der Waals surface area contributed by atoms with Crippen LogP contribution in [-0.2, 0) is 9.53 Å². The van der Waals surface area contributed by atoms with E-state index in [1.54, 1.807) is 31.2 Å². The standard InChI is InChI=1S/C19H20Cl2N2O5/c1-2-27-13-12-22(19(24)17(20)21)18(23(25)26)14-8-10-16(11-9-14)28-15-6-4-3-5-7-15/h3-11,17-18H,2,12-13H2,1H3. The van der Waals surface area contributed by atoms with Crippen molar-refractivity contribution in [1.82, 2.24) is 4.90 Å². The van der Waals surface area contributed by atoms with E-state index in [1.807, 2.05) is 18.2 Å². The molecular formula is C19H20Cl2N2O5. The maximum atomic E-state index is 12.3. The van der Waals surface area contributed by atoms with E-state index in [-0.39, 0.29) is 13.2 Å². The number of rotatable bonds is 10. The molecule has 0 aliphatic rings. The number of halogens is 2. The highest BCUT2D eigenvalue weighted by Crippen LogP contribution is 2.27. The molecule has 2 rings (SSSR count). The van der Waals surface area contributed by atoms with Crippen molar-refractivity contribution in [3.05, 3.63) is 70.3 Å². The second-order valence-electron chi connectivity index (χ2n) is 5.67.